The third-order valence-corrected chi connectivity index (χ3v) is 0. The van der Waals surface area contributed by atoms with Gasteiger partial charge >= 0.3 is 96.2 Å². The molecule has 0 unspecified atom stereocenters. The van der Waals surface area contributed by atoms with Crippen molar-refractivity contribution in [3.8, 4) is 0 Å². The Hall–Kier alpha value is 3.84. The average Bonchev–Trinajstić information content (AvgIpc) is 0. The van der Waals surface area contributed by atoms with Crippen LogP contribution in [0.1, 0.15) is 0 Å². The second-order valence-corrected chi connectivity index (χ2v) is 0. The molecule has 0 aliphatic carbocycles. The van der Waals surface area contributed by atoms with E-state index < -0.39 is 0 Å². The van der Waals surface area contributed by atoms with E-state index in [0.29, 0.717) is 0 Å². The molecule has 0 spiro atoms. The van der Waals surface area contributed by atoms with Gasteiger partial charge in [-0.2, -0.15) is 0 Å². The minimum atomic E-state index is 0. The van der Waals surface area contributed by atoms with Crippen LogP contribution < -0.4 is 106 Å². The standard InChI is InChI=1S/3ClH.Cs.Pb/h3*1H;;/q;;;+1;+2/p-3. The van der Waals surface area contributed by atoms with E-state index in [1.807, 2.05) is 0 Å². The zero-order valence-electron chi connectivity index (χ0n) is 2.63. The molecule has 2 radical (unpaired) electrons. The van der Waals surface area contributed by atoms with Crippen molar-refractivity contribution in [2.24, 2.45) is 0 Å². The van der Waals surface area contributed by atoms with Crippen LogP contribution >= 0.6 is 0 Å². The minimum Gasteiger partial charge on any atom is -1.00 e. The quantitative estimate of drug-likeness (QED) is 0.325. The van der Waals surface area contributed by atoms with E-state index >= 15 is 0 Å². The Balaban J connectivity index is 0. The molecule has 0 atom stereocenters. The van der Waals surface area contributed by atoms with Crippen LogP contribution in [0.4, 0.5) is 0 Å². The summed E-state index contributed by atoms with van der Waals surface area (Å²) in [6, 6.07) is 0. The van der Waals surface area contributed by atoms with Gasteiger partial charge in [-0.1, -0.05) is 0 Å². The zero-order chi connectivity index (χ0) is 0. The third kappa shape index (κ3) is 18.1. The number of hydrogen-bond donors (Lipinski definition) is 0. The molecule has 0 fully saturated rings. The van der Waals surface area contributed by atoms with Crippen molar-refractivity contribution in [2.45, 2.75) is 0 Å². The Morgan fingerprint density at radius 2 is 0.600 bits per heavy atom. The Kier molecular flexibility index (Phi) is 183. The number of hydrogen-bond acceptors (Lipinski definition) is 0. The molecule has 0 saturated carbocycles. The summed E-state index contributed by atoms with van der Waals surface area (Å²) in [5.74, 6) is 0. The second kappa shape index (κ2) is 24.9. The van der Waals surface area contributed by atoms with Crippen molar-refractivity contribution in [2.75, 3.05) is 0 Å². The molecule has 0 bridgehead atoms. The molecule has 0 aliphatic heterocycles. The fourth-order valence-electron chi connectivity index (χ4n) is 0. The van der Waals surface area contributed by atoms with E-state index in [-0.39, 0.29) is 133 Å². The zero-order valence-corrected chi connectivity index (χ0v) is 15.1. The summed E-state index contributed by atoms with van der Waals surface area (Å²) in [5.41, 5.74) is 0. The Morgan fingerprint density at radius 3 is 0.600 bits per heavy atom. The summed E-state index contributed by atoms with van der Waals surface area (Å²) in [7, 11) is 0. The first-order valence-electron chi connectivity index (χ1n) is 0. The Morgan fingerprint density at radius 1 is 0.600 bits per heavy atom. The Labute approximate surface area is 129 Å². The molecule has 5 heavy (non-hydrogen) atoms. The van der Waals surface area contributed by atoms with E-state index in [2.05, 4.69) is 0 Å². The smallest absolute Gasteiger partial charge is 1.00 e. The normalized spacial score (nSPS) is 0. The average molecular weight is 446 g/mol. The molecule has 5 heteroatoms. The molecule has 0 rings (SSSR count). The van der Waals surface area contributed by atoms with Gasteiger partial charge in [0.1, 0.15) is 0 Å². The van der Waals surface area contributed by atoms with Gasteiger partial charge in [0.05, 0.1) is 0 Å². The van der Waals surface area contributed by atoms with E-state index in [4.69, 9.17) is 0 Å². The molecule has 0 aromatic carbocycles. The molecule has 0 nitrogen and oxygen atoms in total. The maximum Gasteiger partial charge on any atom is 2.00 e. The largest absolute Gasteiger partial charge is 2.00 e. The van der Waals surface area contributed by atoms with Gasteiger partial charge < -0.3 is 37.2 Å². The van der Waals surface area contributed by atoms with Gasteiger partial charge in [0.25, 0.3) is 0 Å². The van der Waals surface area contributed by atoms with Crippen LogP contribution in [-0.2, 0) is 0 Å². The maximum atomic E-state index is 0. The molecule has 0 N–H and O–H groups in total. The monoisotopic (exact) mass is 446 g/mol. The van der Waals surface area contributed by atoms with Crippen molar-refractivity contribution < 1.29 is 106 Å². The number of rotatable bonds is 0. The van der Waals surface area contributed by atoms with Gasteiger partial charge in [-0.15, -0.1) is 0 Å². The Bertz CT molecular complexity index is 6.85. The first-order chi connectivity index (χ1) is 0. The summed E-state index contributed by atoms with van der Waals surface area (Å²) in [5, 5.41) is 0. The van der Waals surface area contributed by atoms with Crippen LogP contribution in [0.5, 0.6) is 0 Å². The molecule has 0 saturated heterocycles. The van der Waals surface area contributed by atoms with Crippen LogP contribution in [0.15, 0.2) is 0 Å². The minimum absolute atomic E-state index is 0. The van der Waals surface area contributed by atoms with E-state index in [0.717, 1.165) is 0 Å². The number of halogens is 3. The summed E-state index contributed by atoms with van der Waals surface area (Å²) in [6.45, 7) is 0. The van der Waals surface area contributed by atoms with Gasteiger partial charge in [0.2, 0.25) is 0 Å². The van der Waals surface area contributed by atoms with Gasteiger partial charge in [-0.25, -0.2) is 0 Å². The van der Waals surface area contributed by atoms with Crippen LogP contribution in [0.3, 0.4) is 0 Å². The van der Waals surface area contributed by atoms with E-state index in [1.165, 1.54) is 0 Å². The van der Waals surface area contributed by atoms with Gasteiger partial charge in [0.15, 0.2) is 0 Å². The molecule has 0 aliphatic rings. The predicted molar refractivity (Wildman–Crippen MR) is 5.75 cm³/mol. The van der Waals surface area contributed by atoms with Crippen molar-refractivity contribution in [3.05, 3.63) is 0 Å². The fraction of sp³-hybridized carbons (Fsp3) is 0. The van der Waals surface area contributed by atoms with Crippen molar-refractivity contribution in [1.29, 1.82) is 0 Å². The predicted octanol–water partition coefficient (Wildman–Crippen LogP) is -12.4. The van der Waals surface area contributed by atoms with Crippen molar-refractivity contribution >= 4 is 27.3 Å². The van der Waals surface area contributed by atoms with E-state index in [9.17, 15) is 0 Å². The molecular formula is Cl3CsPb. The van der Waals surface area contributed by atoms with Gasteiger partial charge in [0, 0.05) is 0 Å². The second-order valence-electron chi connectivity index (χ2n) is 0. The topological polar surface area (TPSA) is 0 Å². The van der Waals surface area contributed by atoms with Crippen LogP contribution in [-0.4, -0.2) is 27.3 Å². The summed E-state index contributed by atoms with van der Waals surface area (Å²) >= 11 is 0. The molecule has 0 heterocycles. The van der Waals surface area contributed by atoms with Crippen LogP contribution in [0, 0.1) is 0 Å². The molecule has 0 aromatic heterocycles. The maximum absolute atomic E-state index is 0. The fourth-order valence-corrected chi connectivity index (χ4v) is 0. The molecule has 26 valence electrons. The third-order valence-electron chi connectivity index (χ3n) is 0. The van der Waals surface area contributed by atoms with Crippen LogP contribution in [0.25, 0.3) is 0 Å². The van der Waals surface area contributed by atoms with Crippen LogP contribution in [0.2, 0.25) is 0 Å². The first kappa shape index (κ1) is 36.8. The molecule has 0 amide bonds. The van der Waals surface area contributed by atoms with E-state index in [1.54, 1.807) is 0 Å². The summed E-state index contributed by atoms with van der Waals surface area (Å²) in [6.07, 6.45) is 0. The first-order valence-corrected chi connectivity index (χ1v) is 0. The molecule has 0 aromatic rings. The SMILES string of the molecule is [Cl-].[Cl-].[Cl-].[Cs+].[Pb+2]. The van der Waals surface area contributed by atoms with Crippen molar-refractivity contribution in [1.82, 2.24) is 0 Å². The van der Waals surface area contributed by atoms with Gasteiger partial charge in [-0.05, 0) is 0 Å². The summed E-state index contributed by atoms with van der Waals surface area (Å²) < 4.78 is 0. The molecular weight excluding hydrogens is 446 g/mol. The van der Waals surface area contributed by atoms with Gasteiger partial charge in [-0.3, -0.25) is 0 Å². The summed E-state index contributed by atoms with van der Waals surface area (Å²) in [4.78, 5) is 0. The van der Waals surface area contributed by atoms with Crippen molar-refractivity contribution in [3.63, 3.8) is 0 Å².